The number of carboxylic acids is 1. The van der Waals surface area contributed by atoms with E-state index >= 15 is 0 Å². The van der Waals surface area contributed by atoms with E-state index < -0.39 is 18.4 Å². The summed E-state index contributed by atoms with van der Waals surface area (Å²) in [6.07, 6.45) is 3.67. The van der Waals surface area contributed by atoms with Crippen molar-refractivity contribution in [3.8, 4) is 22.5 Å². The Morgan fingerprint density at radius 1 is 0.974 bits per heavy atom. The summed E-state index contributed by atoms with van der Waals surface area (Å²) in [5.74, 6) is -1.20. The summed E-state index contributed by atoms with van der Waals surface area (Å²) >= 11 is 0. The molecule has 0 atom stereocenters. The van der Waals surface area contributed by atoms with Crippen LogP contribution in [0.25, 0.3) is 22.5 Å². The number of carboxylic acid groups (broad SMARTS) is 1. The molecule has 0 saturated heterocycles. The number of benzene rings is 2. The summed E-state index contributed by atoms with van der Waals surface area (Å²) in [4.78, 5) is 39.4. The van der Waals surface area contributed by atoms with Gasteiger partial charge < -0.3 is 20.0 Å². The first-order valence-electron chi connectivity index (χ1n) is 12.5. The van der Waals surface area contributed by atoms with Crippen LogP contribution < -0.4 is 45.7 Å². The van der Waals surface area contributed by atoms with Crippen LogP contribution in [0.4, 0.5) is 0 Å². The molecule has 1 aromatic heterocycles. The maximum Gasteiger partial charge on any atom is 1.00 e. The number of carbonyl (C=O) groups is 2. The van der Waals surface area contributed by atoms with Gasteiger partial charge in [0.15, 0.2) is 0 Å². The van der Waals surface area contributed by atoms with Crippen molar-refractivity contribution in [2.24, 2.45) is 11.8 Å². The summed E-state index contributed by atoms with van der Waals surface area (Å²) in [5, 5.41) is 17.4. The van der Waals surface area contributed by atoms with Gasteiger partial charge in [-0.05, 0) is 44.4 Å². The summed E-state index contributed by atoms with van der Waals surface area (Å²) in [6.45, 7) is 2.27. The number of aliphatic carboxylic acids is 1. The fourth-order valence-corrected chi connectivity index (χ4v) is 4.60. The smallest absolute Gasteiger partial charge is 0.548 e. The third-order valence-electron chi connectivity index (χ3n) is 6.66. The van der Waals surface area contributed by atoms with Gasteiger partial charge in [-0.3, -0.25) is 4.79 Å². The van der Waals surface area contributed by atoms with Crippen molar-refractivity contribution in [1.82, 2.24) is 20.1 Å². The number of amides is 1. The Morgan fingerprint density at radius 3 is 2.26 bits per heavy atom. The molecule has 0 spiro atoms. The Hall–Kier alpha value is -2.85. The fraction of sp³-hybridized carbons (Fsp3) is 0.393. The van der Waals surface area contributed by atoms with Crippen molar-refractivity contribution >= 4 is 11.9 Å². The van der Waals surface area contributed by atoms with Crippen LogP contribution >= 0.6 is 0 Å². The van der Waals surface area contributed by atoms with E-state index in [0.717, 1.165) is 42.4 Å². The van der Waals surface area contributed by atoms with Crippen molar-refractivity contribution in [2.45, 2.75) is 39.2 Å². The number of aryl methyl sites for hydroxylation is 1. The van der Waals surface area contributed by atoms with Crippen LogP contribution in [0.2, 0.25) is 0 Å². The van der Waals surface area contributed by atoms with Crippen molar-refractivity contribution < 1.29 is 49.0 Å². The fourth-order valence-electron chi connectivity index (χ4n) is 4.60. The third-order valence-corrected chi connectivity index (χ3v) is 6.66. The molecule has 10 heteroatoms. The minimum absolute atomic E-state index is 0. The average molecular weight is 527 g/mol. The number of rotatable bonds is 10. The normalized spacial score (nSPS) is 16.9. The molecular formula is C28H31N4NaO5. The molecule has 1 amide bonds. The molecule has 0 unspecified atom stereocenters. The Balaban J connectivity index is 0.00000400. The monoisotopic (exact) mass is 526 g/mol. The maximum absolute atomic E-state index is 13.0. The van der Waals surface area contributed by atoms with E-state index in [4.69, 9.17) is 9.84 Å². The largest absolute Gasteiger partial charge is 1.00 e. The molecule has 3 aromatic rings. The Morgan fingerprint density at radius 2 is 1.61 bits per heavy atom. The van der Waals surface area contributed by atoms with Gasteiger partial charge in [0.1, 0.15) is 18.0 Å². The van der Waals surface area contributed by atoms with E-state index in [1.807, 2.05) is 61.5 Å². The summed E-state index contributed by atoms with van der Waals surface area (Å²) in [5.41, 5.74) is 3.81. The van der Waals surface area contributed by atoms with Gasteiger partial charge in [-0.1, -0.05) is 60.2 Å². The predicted molar refractivity (Wildman–Crippen MR) is 136 cm³/mol. The average Bonchev–Trinajstić information content (AvgIpc) is 2.90. The molecule has 0 aliphatic heterocycles. The Bertz CT molecular complexity index is 1270. The Kier molecular flexibility index (Phi) is 11.2. The van der Waals surface area contributed by atoms with Gasteiger partial charge >= 0.3 is 35.2 Å². The third kappa shape index (κ3) is 8.33. The molecule has 38 heavy (non-hydrogen) atoms. The van der Waals surface area contributed by atoms with Crippen LogP contribution in [-0.4, -0.2) is 46.4 Å². The molecule has 1 aliphatic carbocycles. The number of nitrogens with one attached hydrogen (secondary N) is 1. The number of hydrogen-bond acceptors (Lipinski definition) is 7. The zero-order valence-electron chi connectivity index (χ0n) is 21.9. The van der Waals surface area contributed by atoms with E-state index in [1.165, 1.54) is 4.68 Å². The van der Waals surface area contributed by atoms with Crippen LogP contribution in [-0.2, 0) is 20.9 Å². The van der Waals surface area contributed by atoms with E-state index in [2.05, 4.69) is 10.3 Å². The van der Waals surface area contributed by atoms with Gasteiger partial charge in [0.25, 0.3) is 0 Å². The van der Waals surface area contributed by atoms with Gasteiger partial charge in [0, 0.05) is 17.7 Å². The Labute approximate surface area is 243 Å². The van der Waals surface area contributed by atoms with E-state index in [9.17, 15) is 19.5 Å². The summed E-state index contributed by atoms with van der Waals surface area (Å²) in [7, 11) is 0. The van der Waals surface area contributed by atoms with Crippen molar-refractivity contribution in [3.63, 3.8) is 0 Å². The minimum Gasteiger partial charge on any atom is -0.548 e. The number of hydrogen-bond donors (Lipinski definition) is 1. The number of ether oxygens (including phenoxy) is 1. The van der Waals surface area contributed by atoms with E-state index in [0.29, 0.717) is 36.4 Å². The molecule has 0 bridgehead atoms. The topological polar surface area (TPSA) is 126 Å². The van der Waals surface area contributed by atoms with Crippen molar-refractivity contribution in [2.75, 3.05) is 19.8 Å². The SMILES string of the molecule is Cc1ccc(-c2nn(C[C@H]3CC[C@H](COCC(=O)NCC(=O)[O-])CC3)c(=O)nc2-c2ccccc2)cc1.[Na+]. The minimum atomic E-state index is -1.34. The molecule has 4 rings (SSSR count). The molecular weight excluding hydrogens is 495 g/mol. The predicted octanol–water partition coefficient (Wildman–Crippen LogP) is -1.03. The number of carbonyl (C=O) groups excluding carboxylic acids is 2. The van der Waals surface area contributed by atoms with Gasteiger partial charge in [-0.25, -0.2) is 9.48 Å². The molecule has 1 saturated carbocycles. The van der Waals surface area contributed by atoms with Crippen molar-refractivity contribution in [3.05, 3.63) is 70.6 Å². The van der Waals surface area contributed by atoms with Crippen LogP contribution in [0.1, 0.15) is 31.2 Å². The van der Waals surface area contributed by atoms with E-state index in [1.54, 1.807) is 0 Å². The summed E-state index contributed by atoms with van der Waals surface area (Å²) < 4.78 is 6.96. The second-order valence-corrected chi connectivity index (χ2v) is 9.56. The number of nitrogens with zero attached hydrogens (tertiary/aromatic N) is 3. The molecule has 1 N–H and O–H groups in total. The van der Waals surface area contributed by atoms with Crippen LogP contribution in [0, 0.1) is 18.8 Å². The van der Waals surface area contributed by atoms with Crippen LogP contribution in [0.5, 0.6) is 0 Å². The standard InChI is InChI=1S/C28H32N4O5.Na/c1-19-7-13-23(14-8-19)27-26(22-5-3-2-4-6-22)30-28(36)32(31-27)16-20-9-11-21(12-10-20)17-37-18-24(33)29-15-25(34)35;/h2-8,13-14,20-21H,9-12,15-18H2,1H3,(H,29,33)(H,34,35);/q;+1/p-1/t20-,21-;. The van der Waals surface area contributed by atoms with Crippen LogP contribution in [0.3, 0.4) is 0 Å². The zero-order valence-corrected chi connectivity index (χ0v) is 23.9. The van der Waals surface area contributed by atoms with Gasteiger partial charge in [0.05, 0.1) is 19.1 Å². The first-order chi connectivity index (χ1) is 17.9. The molecule has 2 aromatic carbocycles. The van der Waals surface area contributed by atoms with Gasteiger partial charge in [-0.15, -0.1) is 0 Å². The molecule has 9 nitrogen and oxygen atoms in total. The number of aromatic nitrogens is 3. The molecule has 194 valence electrons. The first-order valence-corrected chi connectivity index (χ1v) is 12.5. The summed E-state index contributed by atoms with van der Waals surface area (Å²) in [6, 6.07) is 17.7. The van der Waals surface area contributed by atoms with Crippen LogP contribution in [0.15, 0.2) is 59.4 Å². The van der Waals surface area contributed by atoms with Crippen molar-refractivity contribution in [1.29, 1.82) is 0 Å². The zero-order chi connectivity index (χ0) is 26.2. The van der Waals surface area contributed by atoms with E-state index in [-0.39, 0.29) is 41.9 Å². The maximum atomic E-state index is 13.0. The molecule has 1 heterocycles. The molecule has 1 aliphatic rings. The quantitative estimate of drug-likeness (QED) is 0.335. The second kappa shape index (κ2) is 14.3. The molecule has 0 radical (unpaired) electrons. The van der Waals surface area contributed by atoms with Gasteiger partial charge in [0.2, 0.25) is 5.91 Å². The second-order valence-electron chi connectivity index (χ2n) is 9.56. The van der Waals surface area contributed by atoms with Gasteiger partial charge in [-0.2, -0.15) is 10.1 Å². The molecule has 1 fully saturated rings. The first kappa shape index (κ1) is 29.7.